The highest BCUT2D eigenvalue weighted by molar-refractivity contribution is 9.10. The van der Waals surface area contributed by atoms with Crippen LogP contribution in [-0.2, 0) is 10.0 Å². The lowest BCUT2D eigenvalue weighted by Crippen LogP contribution is -2.38. The van der Waals surface area contributed by atoms with Crippen molar-refractivity contribution in [3.63, 3.8) is 0 Å². The minimum atomic E-state index is -3.31. The maximum atomic E-state index is 12.1. The van der Waals surface area contributed by atoms with Crippen molar-refractivity contribution in [3.05, 3.63) is 22.9 Å². The maximum Gasteiger partial charge on any atom is 0.235 e. The summed E-state index contributed by atoms with van der Waals surface area (Å²) in [5, 5.41) is 2.83. The van der Waals surface area contributed by atoms with Crippen molar-refractivity contribution in [2.75, 3.05) is 17.8 Å². The molecule has 1 aliphatic rings. The third-order valence-corrected chi connectivity index (χ3v) is 5.24. The molecule has 0 aliphatic carbocycles. The predicted molar refractivity (Wildman–Crippen MR) is 70.4 cm³/mol. The minimum absolute atomic E-state index is 0.316. The van der Waals surface area contributed by atoms with Crippen LogP contribution in [0.3, 0.4) is 0 Å². The fraction of sp³-hybridized carbons (Fsp3) is 0.500. The van der Waals surface area contributed by atoms with Crippen LogP contribution in [0.1, 0.15) is 12.8 Å². The number of anilines is 1. The number of hydrogen-bond acceptors (Lipinski definition) is 4. The van der Waals surface area contributed by atoms with E-state index in [4.69, 9.17) is 0 Å². The first-order chi connectivity index (χ1) is 8.09. The molecule has 7 heteroatoms. The number of piperidine rings is 1. The first kappa shape index (κ1) is 12.8. The lowest BCUT2D eigenvalue weighted by molar-refractivity contribution is 0.499. The molecule has 0 bridgehead atoms. The maximum absolute atomic E-state index is 12.1. The number of rotatable bonds is 3. The Morgan fingerprint density at radius 1 is 1.41 bits per heavy atom. The van der Waals surface area contributed by atoms with Crippen molar-refractivity contribution in [1.29, 1.82) is 0 Å². The van der Waals surface area contributed by atoms with E-state index < -0.39 is 10.0 Å². The second-order valence-corrected chi connectivity index (χ2v) is 6.77. The molecule has 0 unspecified atom stereocenters. The molecule has 1 fully saturated rings. The Bertz CT molecular complexity index is 486. The molecule has 5 nitrogen and oxygen atoms in total. The summed E-state index contributed by atoms with van der Waals surface area (Å²) in [5.41, 5.74) is 0.540. The fourth-order valence-corrected chi connectivity index (χ4v) is 3.79. The van der Waals surface area contributed by atoms with Gasteiger partial charge in [-0.3, -0.25) is 9.71 Å². The standard InChI is InChI=1S/C10H14BrN3O2S/c11-9-7-13-6-3-10(9)14-17(15,16)8-1-4-12-5-2-8/h3,6-8,12H,1-2,4-5H2,(H,13,14). The average Bonchev–Trinajstić information content (AvgIpc) is 2.33. The zero-order valence-electron chi connectivity index (χ0n) is 9.19. The monoisotopic (exact) mass is 319 g/mol. The van der Waals surface area contributed by atoms with E-state index in [-0.39, 0.29) is 5.25 Å². The van der Waals surface area contributed by atoms with E-state index >= 15 is 0 Å². The molecule has 94 valence electrons. The van der Waals surface area contributed by atoms with Gasteiger partial charge in [0.05, 0.1) is 15.4 Å². The van der Waals surface area contributed by atoms with Gasteiger partial charge in [-0.15, -0.1) is 0 Å². The van der Waals surface area contributed by atoms with Gasteiger partial charge in [0.25, 0.3) is 0 Å². The van der Waals surface area contributed by atoms with Gasteiger partial charge < -0.3 is 5.32 Å². The quantitative estimate of drug-likeness (QED) is 0.882. The van der Waals surface area contributed by atoms with E-state index in [0.717, 1.165) is 13.1 Å². The van der Waals surface area contributed by atoms with Crippen LogP contribution >= 0.6 is 15.9 Å². The number of pyridine rings is 1. The van der Waals surface area contributed by atoms with Gasteiger partial charge in [-0.1, -0.05) is 0 Å². The van der Waals surface area contributed by atoms with Crippen LogP contribution in [0, 0.1) is 0 Å². The first-order valence-electron chi connectivity index (χ1n) is 5.41. The number of sulfonamides is 1. The molecule has 0 aromatic carbocycles. The highest BCUT2D eigenvalue weighted by Gasteiger charge is 2.27. The number of nitrogens with one attached hydrogen (secondary N) is 2. The molecule has 1 aliphatic heterocycles. The van der Waals surface area contributed by atoms with Crippen molar-refractivity contribution in [2.24, 2.45) is 0 Å². The summed E-state index contributed by atoms with van der Waals surface area (Å²) in [7, 11) is -3.31. The van der Waals surface area contributed by atoms with Gasteiger partial charge in [-0.05, 0) is 47.9 Å². The van der Waals surface area contributed by atoms with E-state index in [1.807, 2.05) is 0 Å². The van der Waals surface area contributed by atoms with E-state index in [1.54, 1.807) is 18.5 Å². The summed E-state index contributed by atoms with van der Waals surface area (Å²) in [6, 6.07) is 1.64. The summed E-state index contributed by atoms with van der Waals surface area (Å²) >= 11 is 3.27. The lowest BCUT2D eigenvalue weighted by atomic mass is 10.2. The SMILES string of the molecule is O=S(=O)(Nc1ccncc1Br)C1CCNCC1. The normalized spacial score (nSPS) is 17.9. The Kier molecular flexibility index (Phi) is 4.01. The molecule has 0 saturated carbocycles. The molecule has 0 spiro atoms. The van der Waals surface area contributed by atoms with Crippen LogP contribution in [0.4, 0.5) is 5.69 Å². The van der Waals surface area contributed by atoms with Crippen LogP contribution in [0.15, 0.2) is 22.9 Å². The van der Waals surface area contributed by atoms with Gasteiger partial charge in [-0.25, -0.2) is 8.42 Å². The predicted octanol–water partition coefficient (Wildman–Crippen LogP) is 1.34. The number of hydrogen-bond donors (Lipinski definition) is 2. The van der Waals surface area contributed by atoms with Gasteiger partial charge in [0.15, 0.2) is 0 Å². The van der Waals surface area contributed by atoms with Crippen molar-refractivity contribution < 1.29 is 8.42 Å². The zero-order valence-corrected chi connectivity index (χ0v) is 11.6. The molecule has 1 aromatic heterocycles. The van der Waals surface area contributed by atoms with Gasteiger partial charge in [0, 0.05) is 12.4 Å². The Morgan fingerprint density at radius 2 is 2.12 bits per heavy atom. The highest BCUT2D eigenvalue weighted by Crippen LogP contribution is 2.23. The largest absolute Gasteiger partial charge is 0.317 e. The van der Waals surface area contributed by atoms with Crippen molar-refractivity contribution in [3.8, 4) is 0 Å². The zero-order chi connectivity index (χ0) is 12.3. The summed E-state index contributed by atoms with van der Waals surface area (Å²) in [6.45, 7) is 1.51. The highest BCUT2D eigenvalue weighted by atomic mass is 79.9. The minimum Gasteiger partial charge on any atom is -0.317 e. The topological polar surface area (TPSA) is 71.1 Å². The van der Waals surface area contributed by atoms with Gasteiger partial charge in [0.1, 0.15) is 0 Å². The van der Waals surface area contributed by atoms with E-state index in [2.05, 4.69) is 31.0 Å². The van der Waals surface area contributed by atoms with E-state index in [9.17, 15) is 8.42 Å². The molecule has 17 heavy (non-hydrogen) atoms. The summed E-state index contributed by atoms with van der Waals surface area (Å²) in [5.74, 6) is 0. The molecule has 0 radical (unpaired) electrons. The second kappa shape index (κ2) is 5.32. The molecular weight excluding hydrogens is 306 g/mol. The first-order valence-corrected chi connectivity index (χ1v) is 7.75. The third-order valence-electron chi connectivity index (χ3n) is 2.75. The van der Waals surface area contributed by atoms with Crippen LogP contribution < -0.4 is 10.0 Å². The third kappa shape index (κ3) is 3.17. The van der Waals surface area contributed by atoms with Crippen molar-refractivity contribution in [1.82, 2.24) is 10.3 Å². The Labute approximate surface area is 109 Å². The Hall–Kier alpha value is -0.660. The van der Waals surface area contributed by atoms with E-state index in [0.29, 0.717) is 23.0 Å². The van der Waals surface area contributed by atoms with E-state index in [1.165, 1.54) is 0 Å². The van der Waals surface area contributed by atoms with Crippen LogP contribution in [0.5, 0.6) is 0 Å². The van der Waals surface area contributed by atoms with Gasteiger partial charge in [-0.2, -0.15) is 0 Å². The summed E-state index contributed by atoms with van der Waals surface area (Å²) in [4.78, 5) is 3.90. The molecule has 2 rings (SSSR count). The van der Waals surface area contributed by atoms with Gasteiger partial charge >= 0.3 is 0 Å². The fourth-order valence-electron chi connectivity index (χ4n) is 1.80. The summed E-state index contributed by atoms with van der Waals surface area (Å²) in [6.07, 6.45) is 4.43. The molecule has 2 N–H and O–H groups in total. The average molecular weight is 320 g/mol. The van der Waals surface area contributed by atoms with Gasteiger partial charge in [0.2, 0.25) is 10.0 Å². The Morgan fingerprint density at radius 3 is 2.76 bits per heavy atom. The lowest BCUT2D eigenvalue weighted by Gasteiger charge is -2.23. The molecule has 0 amide bonds. The smallest absolute Gasteiger partial charge is 0.235 e. The number of nitrogens with zero attached hydrogens (tertiary/aromatic N) is 1. The molecule has 0 atom stereocenters. The molecule has 1 aromatic rings. The summed E-state index contributed by atoms with van der Waals surface area (Å²) < 4.78 is 27.5. The van der Waals surface area contributed by atoms with Crippen molar-refractivity contribution >= 4 is 31.6 Å². The molecule has 2 heterocycles. The molecule has 1 saturated heterocycles. The van der Waals surface area contributed by atoms with Crippen molar-refractivity contribution in [2.45, 2.75) is 18.1 Å². The Balaban J connectivity index is 2.14. The molecular formula is C10H14BrN3O2S. The van der Waals surface area contributed by atoms with Crippen LogP contribution in [0.25, 0.3) is 0 Å². The number of halogens is 1. The second-order valence-electron chi connectivity index (χ2n) is 3.95. The van der Waals surface area contributed by atoms with Crippen LogP contribution in [-0.4, -0.2) is 31.7 Å². The number of aromatic nitrogens is 1. The van der Waals surface area contributed by atoms with Crippen LogP contribution in [0.2, 0.25) is 0 Å².